The SMILES string of the molecule is COC(=O)N1c2ccc(-c3cnn(CCO)c3)c(OCC(C)C)c2CC[C@@H]1C. The van der Waals surface area contributed by atoms with Crippen LogP contribution in [0.15, 0.2) is 24.5 Å². The van der Waals surface area contributed by atoms with E-state index in [2.05, 4.69) is 18.9 Å². The molecular weight excluding hydrogens is 358 g/mol. The van der Waals surface area contributed by atoms with Gasteiger partial charge in [0.2, 0.25) is 0 Å². The summed E-state index contributed by atoms with van der Waals surface area (Å²) in [6, 6.07) is 4.00. The van der Waals surface area contributed by atoms with Crippen molar-refractivity contribution in [1.82, 2.24) is 9.78 Å². The van der Waals surface area contributed by atoms with Crippen molar-refractivity contribution in [2.75, 3.05) is 25.2 Å². The first-order valence-electron chi connectivity index (χ1n) is 9.75. The number of benzene rings is 1. The van der Waals surface area contributed by atoms with Crippen molar-refractivity contribution >= 4 is 11.8 Å². The van der Waals surface area contributed by atoms with Gasteiger partial charge >= 0.3 is 6.09 Å². The Balaban J connectivity index is 2.09. The van der Waals surface area contributed by atoms with Gasteiger partial charge in [0, 0.05) is 28.9 Å². The number of hydrogen-bond acceptors (Lipinski definition) is 5. The first kappa shape index (κ1) is 20.2. The lowest BCUT2D eigenvalue weighted by atomic mass is 9.92. The van der Waals surface area contributed by atoms with Gasteiger partial charge < -0.3 is 14.6 Å². The van der Waals surface area contributed by atoms with Crippen LogP contribution in [0.4, 0.5) is 10.5 Å². The van der Waals surface area contributed by atoms with Crippen molar-refractivity contribution in [1.29, 1.82) is 0 Å². The van der Waals surface area contributed by atoms with Gasteiger partial charge in [-0.05, 0) is 37.8 Å². The van der Waals surface area contributed by atoms with E-state index in [4.69, 9.17) is 14.6 Å². The first-order chi connectivity index (χ1) is 13.5. The molecule has 2 aromatic rings. The Kier molecular flexibility index (Phi) is 6.24. The topological polar surface area (TPSA) is 76.8 Å². The van der Waals surface area contributed by atoms with Crippen molar-refractivity contribution < 1.29 is 19.4 Å². The lowest BCUT2D eigenvalue weighted by Gasteiger charge is -2.35. The quantitative estimate of drug-likeness (QED) is 0.821. The van der Waals surface area contributed by atoms with Crippen molar-refractivity contribution in [2.45, 2.75) is 46.2 Å². The second-order valence-electron chi connectivity index (χ2n) is 7.59. The molecule has 2 heterocycles. The van der Waals surface area contributed by atoms with Gasteiger partial charge in [0.1, 0.15) is 5.75 Å². The average Bonchev–Trinajstić information content (AvgIpc) is 3.13. The summed E-state index contributed by atoms with van der Waals surface area (Å²) in [4.78, 5) is 14.1. The second kappa shape index (κ2) is 8.65. The summed E-state index contributed by atoms with van der Waals surface area (Å²) < 4.78 is 13.0. The highest BCUT2D eigenvalue weighted by Gasteiger charge is 2.32. The van der Waals surface area contributed by atoms with Gasteiger partial charge in [-0.3, -0.25) is 9.58 Å². The van der Waals surface area contributed by atoms with Crippen LogP contribution in [0.3, 0.4) is 0 Å². The lowest BCUT2D eigenvalue weighted by molar-refractivity contribution is 0.175. The minimum atomic E-state index is -0.355. The minimum absolute atomic E-state index is 0.0357. The molecule has 0 unspecified atom stereocenters. The van der Waals surface area contributed by atoms with Gasteiger partial charge in [0.25, 0.3) is 0 Å². The Morgan fingerprint density at radius 1 is 1.39 bits per heavy atom. The third-order valence-electron chi connectivity index (χ3n) is 4.95. The molecule has 0 saturated carbocycles. The number of fused-ring (bicyclic) bond motifs is 1. The zero-order chi connectivity index (χ0) is 20.3. The molecular formula is C21H29N3O4. The van der Waals surface area contributed by atoms with E-state index < -0.39 is 0 Å². The molecule has 0 aliphatic carbocycles. The van der Waals surface area contributed by atoms with E-state index in [9.17, 15) is 4.79 Å². The molecule has 0 saturated heterocycles. The number of aliphatic hydroxyl groups is 1. The molecule has 0 bridgehead atoms. The van der Waals surface area contributed by atoms with Crippen LogP contribution >= 0.6 is 0 Å². The molecule has 1 amide bonds. The number of aromatic nitrogens is 2. The number of hydrogen-bond donors (Lipinski definition) is 1. The number of aliphatic hydroxyl groups excluding tert-OH is 1. The minimum Gasteiger partial charge on any atom is -0.492 e. The molecule has 1 aromatic heterocycles. The molecule has 7 heteroatoms. The van der Waals surface area contributed by atoms with Crippen molar-refractivity contribution in [3.05, 3.63) is 30.1 Å². The van der Waals surface area contributed by atoms with Crippen LogP contribution in [0, 0.1) is 5.92 Å². The third-order valence-corrected chi connectivity index (χ3v) is 4.95. The second-order valence-corrected chi connectivity index (χ2v) is 7.59. The van der Waals surface area contributed by atoms with Crippen LogP contribution < -0.4 is 9.64 Å². The van der Waals surface area contributed by atoms with Gasteiger partial charge in [-0.1, -0.05) is 13.8 Å². The summed E-state index contributed by atoms with van der Waals surface area (Å²) in [7, 11) is 1.41. The number of carbonyl (C=O) groups excluding carboxylic acids is 1. The zero-order valence-corrected chi connectivity index (χ0v) is 17.0. The van der Waals surface area contributed by atoms with Crippen LogP contribution in [0.5, 0.6) is 5.75 Å². The summed E-state index contributed by atoms with van der Waals surface area (Å²) >= 11 is 0. The number of methoxy groups -OCH3 is 1. The highest BCUT2D eigenvalue weighted by Crippen LogP contribution is 2.43. The molecule has 28 heavy (non-hydrogen) atoms. The Bertz CT molecular complexity index is 831. The summed E-state index contributed by atoms with van der Waals surface area (Å²) in [5, 5.41) is 13.5. The smallest absolute Gasteiger partial charge is 0.414 e. The Hall–Kier alpha value is -2.54. The van der Waals surface area contributed by atoms with E-state index >= 15 is 0 Å². The van der Waals surface area contributed by atoms with E-state index in [-0.39, 0.29) is 18.7 Å². The first-order valence-corrected chi connectivity index (χ1v) is 9.75. The number of rotatable bonds is 6. The van der Waals surface area contributed by atoms with E-state index in [1.165, 1.54) is 7.11 Å². The van der Waals surface area contributed by atoms with E-state index in [1.807, 2.05) is 25.3 Å². The molecule has 7 nitrogen and oxygen atoms in total. The van der Waals surface area contributed by atoms with Gasteiger partial charge in [-0.25, -0.2) is 4.79 Å². The predicted octanol–water partition coefficient (Wildman–Crippen LogP) is 3.48. The Labute approximate surface area is 165 Å². The molecule has 1 aliphatic heterocycles. The van der Waals surface area contributed by atoms with Crippen molar-refractivity contribution in [3.8, 4) is 16.9 Å². The van der Waals surface area contributed by atoms with Crippen molar-refractivity contribution in [3.63, 3.8) is 0 Å². The molecule has 1 aromatic carbocycles. The van der Waals surface area contributed by atoms with Crippen LogP contribution in [-0.4, -0.2) is 47.3 Å². The fourth-order valence-corrected chi connectivity index (χ4v) is 3.55. The summed E-state index contributed by atoms with van der Waals surface area (Å²) in [5.74, 6) is 1.18. The number of carbonyl (C=O) groups is 1. The number of nitrogens with zero attached hydrogens (tertiary/aromatic N) is 3. The molecule has 1 atom stereocenters. The fourth-order valence-electron chi connectivity index (χ4n) is 3.55. The van der Waals surface area contributed by atoms with Crippen LogP contribution in [0.1, 0.15) is 32.8 Å². The summed E-state index contributed by atoms with van der Waals surface area (Å²) in [6.45, 7) is 7.31. The fraction of sp³-hybridized carbons (Fsp3) is 0.524. The Morgan fingerprint density at radius 3 is 2.86 bits per heavy atom. The highest BCUT2D eigenvalue weighted by atomic mass is 16.5. The average molecular weight is 387 g/mol. The third kappa shape index (κ3) is 3.99. The maximum atomic E-state index is 12.4. The van der Waals surface area contributed by atoms with Gasteiger partial charge in [-0.15, -0.1) is 0 Å². The highest BCUT2D eigenvalue weighted by molar-refractivity contribution is 5.92. The maximum Gasteiger partial charge on any atom is 0.414 e. The molecule has 0 radical (unpaired) electrons. The summed E-state index contributed by atoms with van der Waals surface area (Å²) in [5.41, 5.74) is 3.74. The molecule has 0 fully saturated rings. The molecule has 1 N–H and O–H groups in total. The molecule has 0 spiro atoms. The number of amides is 1. The zero-order valence-electron chi connectivity index (χ0n) is 17.0. The Morgan fingerprint density at radius 2 is 2.18 bits per heavy atom. The van der Waals surface area contributed by atoms with Gasteiger partial charge in [-0.2, -0.15) is 5.10 Å². The molecule has 3 rings (SSSR count). The standard InChI is InChI=1S/C21H29N3O4/c1-14(2)13-28-20-17(16-11-22-23(12-16)9-10-25)7-8-19-18(20)6-5-15(3)24(19)21(26)27-4/h7-8,11-12,14-15,25H,5-6,9-10,13H2,1-4H3/t15-/m0/s1. The normalized spacial score (nSPS) is 16.2. The summed E-state index contributed by atoms with van der Waals surface area (Å²) in [6.07, 6.45) is 5.00. The molecule has 152 valence electrons. The predicted molar refractivity (Wildman–Crippen MR) is 108 cm³/mol. The van der Waals surface area contributed by atoms with E-state index in [1.54, 1.807) is 15.8 Å². The lowest BCUT2D eigenvalue weighted by Crippen LogP contribution is -2.42. The van der Waals surface area contributed by atoms with E-state index in [0.717, 1.165) is 41.0 Å². The number of anilines is 1. The van der Waals surface area contributed by atoms with E-state index in [0.29, 0.717) is 19.1 Å². The van der Waals surface area contributed by atoms with Gasteiger partial charge in [0.05, 0.1) is 38.8 Å². The van der Waals surface area contributed by atoms with Crippen LogP contribution in [0.2, 0.25) is 0 Å². The van der Waals surface area contributed by atoms with Crippen molar-refractivity contribution in [2.24, 2.45) is 5.92 Å². The van der Waals surface area contributed by atoms with Crippen LogP contribution in [0.25, 0.3) is 11.1 Å². The largest absolute Gasteiger partial charge is 0.492 e. The molecule has 1 aliphatic rings. The maximum absolute atomic E-state index is 12.4. The number of ether oxygens (including phenoxy) is 2. The van der Waals surface area contributed by atoms with Crippen LogP contribution in [-0.2, 0) is 17.7 Å². The monoisotopic (exact) mass is 387 g/mol. The van der Waals surface area contributed by atoms with Gasteiger partial charge in [0.15, 0.2) is 0 Å².